The van der Waals surface area contributed by atoms with Crippen LogP contribution in [0.5, 0.6) is 0 Å². The molecule has 2 aliphatic rings. The van der Waals surface area contributed by atoms with Gasteiger partial charge in [-0.3, -0.25) is 9.78 Å². The maximum Gasteiger partial charge on any atom is 0.416 e. The minimum Gasteiger partial charge on any atom is -0.330 e. The van der Waals surface area contributed by atoms with Crippen molar-refractivity contribution in [3.05, 3.63) is 87.8 Å². The second-order valence-corrected chi connectivity index (χ2v) is 8.10. The lowest BCUT2D eigenvalue weighted by Gasteiger charge is -2.21. The third-order valence-corrected chi connectivity index (χ3v) is 5.82. The van der Waals surface area contributed by atoms with E-state index in [1.54, 1.807) is 12.1 Å². The van der Waals surface area contributed by atoms with E-state index in [4.69, 9.17) is 6.42 Å². The molecule has 1 aromatic carbocycles. The highest BCUT2D eigenvalue weighted by Gasteiger charge is 2.33. The lowest BCUT2D eigenvalue weighted by atomic mass is 9.93. The smallest absolute Gasteiger partial charge is 0.330 e. The zero-order valence-electron chi connectivity index (χ0n) is 17.4. The van der Waals surface area contributed by atoms with Gasteiger partial charge >= 0.3 is 6.18 Å². The van der Waals surface area contributed by atoms with Gasteiger partial charge in [0.25, 0.3) is 5.91 Å². The Bertz CT molecular complexity index is 1210. The molecule has 1 aliphatic carbocycles. The topological polar surface area (TPSA) is 33.2 Å². The standard InChI is InChI=1S/C25H19F5N2O/c1-2-3-15-4-5-17(20(26)10-15)13-32-14-18-8-9-31-22(23(18)24(32)33)11-16-6-7-19(12-21(16)27)25(28,29)30/h1,4-9,12,15H,3,10-11,13-14H2. The van der Waals surface area contributed by atoms with Crippen LogP contribution in [-0.2, 0) is 19.1 Å². The first kappa shape index (κ1) is 22.7. The number of amides is 1. The summed E-state index contributed by atoms with van der Waals surface area (Å²) in [5, 5.41) is 0. The number of carbonyl (C=O) groups is 1. The monoisotopic (exact) mass is 458 g/mol. The average molecular weight is 458 g/mol. The molecule has 170 valence electrons. The van der Waals surface area contributed by atoms with Crippen LogP contribution < -0.4 is 0 Å². The van der Waals surface area contributed by atoms with Crippen LogP contribution in [0.1, 0.15) is 45.6 Å². The van der Waals surface area contributed by atoms with Crippen molar-refractivity contribution in [1.29, 1.82) is 0 Å². The maximum atomic E-state index is 14.5. The van der Waals surface area contributed by atoms with Crippen molar-refractivity contribution in [2.24, 2.45) is 5.92 Å². The summed E-state index contributed by atoms with van der Waals surface area (Å²) in [6.07, 6.45) is 6.07. The first-order valence-electron chi connectivity index (χ1n) is 10.3. The summed E-state index contributed by atoms with van der Waals surface area (Å²) in [6, 6.07) is 3.94. The molecule has 0 saturated carbocycles. The minimum absolute atomic E-state index is 0.00123. The Kier molecular flexibility index (Phi) is 6.07. The van der Waals surface area contributed by atoms with Crippen LogP contribution in [0.4, 0.5) is 22.0 Å². The largest absolute Gasteiger partial charge is 0.416 e. The van der Waals surface area contributed by atoms with Gasteiger partial charge in [-0.2, -0.15) is 13.2 Å². The zero-order valence-corrected chi connectivity index (χ0v) is 17.4. The van der Waals surface area contributed by atoms with Gasteiger partial charge in [0.05, 0.1) is 16.8 Å². The molecule has 2 heterocycles. The van der Waals surface area contributed by atoms with Crippen molar-refractivity contribution in [3.8, 4) is 12.3 Å². The van der Waals surface area contributed by atoms with E-state index in [0.717, 1.165) is 12.1 Å². The summed E-state index contributed by atoms with van der Waals surface area (Å²) in [5.41, 5.74) is 0.511. The highest BCUT2D eigenvalue weighted by molar-refractivity contribution is 5.99. The summed E-state index contributed by atoms with van der Waals surface area (Å²) in [4.78, 5) is 18.7. The minimum atomic E-state index is -4.65. The molecule has 3 nitrogen and oxygen atoms in total. The highest BCUT2D eigenvalue weighted by atomic mass is 19.4. The number of benzene rings is 1. The number of hydrogen-bond donors (Lipinski definition) is 0. The molecule has 0 fully saturated rings. The number of pyridine rings is 1. The van der Waals surface area contributed by atoms with E-state index in [2.05, 4.69) is 10.9 Å². The van der Waals surface area contributed by atoms with Crippen LogP contribution in [0.25, 0.3) is 0 Å². The molecule has 0 spiro atoms. The first-order valence-corrected chi connectivity index (χ1v) is 10.3. The Balaban J connectivity index is 1.54. The summed E-state index contributed by atoms with van der Waals surface area (Å²) < 4.78 is 67.3. The molecule has 2 aromatic rings. The molecule has 1 aromatic heterocycles. The number of halogens is 5. The number of alkyl halides is 3. The van der Waals surface area contributed by atoms with E-state index in [9.17, 15) is 26.7 Å². The second-order valence-electron chi connectivity index (χ2n) is 8.10. The van der Waals surface area contributed by atoms with Gasteiger partial charge < -0.3 is 4.90 Å². The van der Waals surface area contributed by atoms with Crippen LogP contribution in [0.3, 0.4) is 0 Å². The fraction of sp³-hybridized carbons (Fsp3) is 0.280. The summed E-state index contributed by atoms with van der Waals surface area (Å²) in [6.45, 7) is 0.296. The number of fused-ring (bicyclic) bond motifs is 1. The van der Waals surface area contributed by atoms with E-state index in [1.165, 1.54) is 11.1 Å². The number of nitrogens with zero attached hydrogens (tertiary/aromatic N) is 2. The predicted octanol–water partition coefficient (Wildman–Crippen LogP) is 5.61. The van der Waals surface area contributed by atoms with Gasteiger partial charge in [0, 0.05) is 44.1 Å². The Hall–Kier alpha value is -3.47. The molecule has 1 unspecified atom stereocenters. The molecule has 1 atom stereocenters. The van der Waals surface area contributed by atoms with Crippen LogP contribution in [0, 0.1) is 24.1 Å². The number of carbonyl (C=O) groups excluding carboxylic acids is 1. The quantitative estimate of drug-likeness (QED) is 0.431. The van der Waals surface area contributed by atoms with Gasteiger partial charge in [0.15, 0.2) is 0 Å². The molecule has 1 amide bonds. The van der Waals surface area contributed by atoms with Crippen molar-refractivity contribution >= 4 is 5.91 Å². The molecule has 8 heteroatoms. The van der Waals surface area contributed by atoms with E-state index in [1.807, 2.05) is 6.08 Å². The van der Waals surface area contributed by atoms with Crippen molar-refractivity contribution < 1.29 is 26.7 Å². The molecule has 0 saturated heterocycles. The maximum absolute atomic E-state index is 14.5. The van der Waals surface area contributed by atoms with Crippen LogP contribution in [0.2, 0.25) is 0 Å². The Morgan fingerprint density at radius 2 is 2.00 bits per heavy atom. The Labute approximate surface area is 187 Å². The molecule has 0 radical (unpaired) electrons. The molecular weight excluding hydrogens is 439 g/mol. The van der Waals surface area contributed by atoms with E-state index >= 15 is 0 Å². The van der Waals surface area contributed by atoms with E-state index < -0.39 is 17.6 Å². The van der Waals surface area contributed by atoms with Crippen LogP contribution >= 0.6 is 0 Å². The second kappa shape index (κ2) is 8.81. The van der Waals surface area contributed by atoms with Gasteiger partial charge in [-0.05, 0) is 35.2 Å². The van der Waals surface area contributed by atoms with Crippen molar-refractivity contribution in [1.82, 2.24) is 9.88 Å². The third kappa shape index (κ3) is 4.68. The number of rotatable bonds is 5. The van der Waals surface area contributed by atoms with Crippen molar-refractivity contribution in [2.45, 2.75) is 32.0 Å². The predicted molar refractivity (Wildman–Crippen MR) is 112 cm³/mol. The fourth-order valence-corrected chi connectivity index (χ4v) is 4.10. The van der Waals surface area contributed by atoms with Crippen molar-refractivity contribution in [2.75, 3.05) is 6.54 Å². The lowest BCUT2D eigenvalue weighted by molar-refractivity contribution is -0.137. The third-order valence-electron chi connectivity index (χ3n) is 5.82. The number of allylic oxidation sites excluding steroid dienone is 2. The highest BCUT2D eigenvalue weighted by Crippen LogP contribution is 2.33. The van der Waals surface area contributed by atoms with Crippen LogP contribution in [-0.4, -0.2) is 22.3 Å². The molecule has 0 N–H and O–H groups in total. The first-order chi connectivity index (χ1) is 15.7. The van der Waals surface area contributed by atoms with Crippen LogP contribution in [0.15, 0.2) is 54.0 Å². The molecule has 4 rings (SSSR count). The van der Waals surface area contributed by atoms with Gasteiger partial charge in [0.1, 0.15) is 11.6 Å². The molecule has 1 aliphatic heterocycles. The SMILES string of the molecule is C#CCC1C=CC(CN2Cc3ccnc(Cc4ccc(C(F)(F)F)cc4F)c3C2=O)=C(F)C1. The van der Waals surface area contributed by atoms with Crippen molar-refractivity contribution in [3.63, 3.8) is 0 Å². The summed E-state index contributed by atoms with van der Waals surface area (Å²) in [7, 11) is 0. The van der Waals surface area contributed by atoms with E-state index in [-0.39, 0.29) is 60.4 Å². The normalized spacial score (nSPS) is 18.0. The number of terminal acetylenes is 1. The molecular formula is C25H19F5N2O. The Morgan fingerprint density at radius 3 is 2.67 bits per heavy atom. The summed E-state index contributed by atoms with van der Waals surface area (Å²) >= 11 is 0. The Morgan fingerprint density at radius 1 is 1.21 bits per heavy atom. The molecule has 0 bridgehead atoms. The van der Waals surface area contributed by atoms with Gasteiger partial charge in [-0.25, -0.2) is 8.78 Å². The fourth-order valence-electron chi connectivity index (χ4n) is 4.10. The van der Waals surface area contributed by atoms with E-state index in [0.29, 0.717) is 23.6 Å². The lowest BCUT2D eigenvalue weighted by Crippen LogP contribution is -2.27. The summed E-state index contributed by atoms with van der Waals surface area (Å²) in [5.74, 6) is 0.732. The number of hydrogen-bond acceptors (Lipinski definition) is 2. The van der Waals surface area contributed by atoms with Gasteiger partial charge in [-0.15, -0.1) is 12.3 Å². The number of aromatic nitrogens is 1. The average Bonchev–Trinajstić information content (AvgIpc) is 3.07. The zero-order chi connectivity index (χ0) is 23.8. The molecule has 33 heavy (non-hydrogen) atoms. The van der Waals surface area contributed by atoms with Gasteiger partial charge in [0.2, 0.25) is 0 Å². The van der Waals surface area contributed by atoms with Gasteiger partial charge in [-0.1, -0.05) is 18.2 Å².